The number of benzene rings is 1. The van der Waals surface area contributed by atoms with Crippen LogP contribution in [0.2, 0.25) is 0 Å². The van der Waals surface area contributed by atoms with Crippen molar-refractivity contribution in [1.82, 2.24) is 9.78 Å². The van der Waals surface area contributed by atoms with Gasteiger partial charge >= 0.3 is 5.97 Å². The molecule has 1 aromatic carbocycles. The summed E-state index contributed by atoms with van der Waals surface area (Å²) >= 11 is 0. The molecule has 0 saturated heterocycles. The number of nitrogens with two attached hydrogens (primary N) is 1. The number of aliphatic carboxylic acids is 1. The first kappa shape index (κ1) is 12.3. The molecule has 2 rings (SSSR count). The van der Waals surface area contributed by atoms with Gasteiger partial charge in [-0.25, -0.2) is 4.68 Å². The van der Waals surface area contributed by atoms with Gasteiger partial charge in [-0.1, -0.05) is 12.1 Å². The van der Waals surface area contributed by atoms with Crippen molar-refractivity contribution in [3.05, 3.63) is 48.3 Å². The Hall–Kier alpha value is -2.14. The van der Waals surface area contributed by atoms with E-state index in [-0.39, 0.29) is 12.5 Å². The fourth-order valence-electron chi connectivity index (χ4n) is 1.74. The molecule has 1 aromatic heterocycles. The van der Waals surface area contributed by atoms with E-state index in [9.17, 15) is 4.79 Å². The van der Waals surface area contributed by atoms with Crippen LogP contribution in [-0.4, -0.2) is 20.9 Å². The van der Waals surface area contributed by atoms with E-state index >= 15 is 0 Å². The largest absolute Gasteiger partial charge is 0.481 e. The van der Waals surface area contributed by atoms with Gasteiger partial charge in [-0.2, -0.15) is 5.10 Å². The molecule has 94 valence electrons. The highest BCUT2D eigenvalue weighted by molar-refractivity contribution is 5.66. The molecule has 5 nitrogen and oxygen atoms in total. The maximum absolute atomic E-state index is 10.5. The van der Waals surface area contributed by atoms with Crippen molar-refractivity contribution in [2.45, 2.75) is 18.9 Å². The van der Waals surface area contributed by atoms with Gasteiger partial charge in [0.1, 0.15) is 0 Å². The third-order valence-electron chi connectivity index (χ3n) is 2.76. The molecule has 18 heavy (non-hydrogen) atoms. The predicted octanol–water partition coefficient (Wildman–Crippen LogP) is 1.74. The van der Waals surface area contributed by atoms with Crippen LogP contribution in [0.3, 0.4) is 0 Å². The molecule has 0 fully saturated rings. The highest BCUT2D eigenvalue weighted by atomic mass is 16.4. The van der Waals surface area contributed by atoms with Gasteiger partial charge in [0.25, 0.3) is 0 Å². The zero-order chi connectivity index (χ0) is 13.0. The zero-order valence-electron chi connectivity index (χ0n) is 9.86. The minimum absolute atomic E-state index is 0.0854. The van der Waals surface area contributed by atoms with Crippen LogP contribution in [-0.2, 0) is 4.79 Å². The smallest absolute Gasteiger partial charge is 0.303 e. The minimum atomic E-state index is -0.821. The van der Waals surface area contributed by atoms with Crippen molar-refractivity contribution in [1.29, 1.82) is 0 Å². The average molecular weight is 245 g/mol. The Balaban J connectivity index is 2.05. The van der Waals surface area contributed by atoms with Gasteiger partial charge in [-0.15, -0.1) is 0 Å². The molecule has 0 aliphatic carbocycles. The first-order chi connectivity index (χ1) is 8.66. The van der Waals surface area contributed by atoms with Gasteiger partial charge in [0.2, 0.25) is 0 Å². The summed E-state index contributed by atoms with van der Waals surface area (Å²) in [7, 11) is 0. The lowest BCUT2D eigenvalue weighted by molar-refractivity contribution is -0.137. The molecule has 5 heteroatoms. The lowest BCUT2D eigenvalue weighted by Gasteiger charge is -2.11. The van der Waals surface area contributed by atoms with Crippen molar-refractivity contribution < 1.29 is 9.90 Å². The molecule has 2 aromatic rings. The van der Waals surface area contributed by atoms with Crippen molar-refractivity contribution >= 4 is 5.97 Å². The fourth-order valence-corrected chi connectivity index (χ4v) is 1.74. The Bertz CT molecular complexity index is 506. The van der Waals surface area contributed by atoms with Gasteiger partial charge in [-0.3, -0.25) is 4.79 Å². The molecule has 1 heterocycles. The molecule has 0 spiro atoms. The summed E-state index contributed by atoms with van der Waals surface area (Å²) in [6.45, 7) is 0. The number of aromatic nitrogens is 2. The summed E-state index contributed by atoms with van der Waals surface area (Å²) in [6, 6.07) is 9.26. The Labute approximate surface area is 105 Å². The van der Waals surface area contributed by atoms with E-state index in [0.717, 1.165) is 11.3 Å². The van der Waals surface area contributed by atoms with E-state index in [1.54, 1.807) is 10.9 Å². The van der Waals surface area contributed by atoms with Crippen LogP contribution in [0.4, 0.5) is 0 Å². The van der Waals surface area contributed by atoms with Gasteiger partial charge in [0, 0.05) is 24.9 Å². The summed E-state index contributed by atoms with van der Waals surface area (Å²) in [5.41, 5.74) is 7.82. The number of hydrogen-bond donors (Lipinski definition) is 2. The predicted molar refractivity (Wildman–Crippen MR) is 67.4 cm³/mol. The Kier molecular flexibility index (Phi) is 3.74. The lowest BCUT2D eigenvalue weighted by atomic mass is 10.0. The minimum Gasteiger partial charge on any atom is -0.481 e. The van der Waals surface area contributed by atoms with Crippen LogP contribution in [0.15, 0.2) is 42.7 Å². The van der Waals surface area contributed by atoms with E-state index < -0.39 is 5.97 Å². The Morgan fingerprint density at radius 3 is 2.67 bits per heavy atom. The molecular weight excluding hydrogens is 230 g/mol. The number of carboxylic acids is 1. The third-order valence-corrected chi connectivity index (χ3v) is 2.76. The normalized spacial score (nSPS) is 12.3. The molecule has 0 amide bonds. The lowest BCUT2D eigenvalue weighted by Crippen LogP contribution is -2.12. The maximum Gasteiger partial charge on any atom is 0.303 e. The summed E-state index contributed by atoms with van der Waals surface area (Å²) in [4.78, 5) is 10.5. The summed E-state index contributed by atoms with van der Waals surface area (Å²) in [6.07, 6.45) is 4.10. The first-order valence-corrected chi connectivity index (χ1v) is 5.74. The first-order valence-electron chi connectivity index (χ1n) is 5.74. The molecular formula is C13H15N3O2. The van der Waals surface area contributed by atoms with E-state index in [4.69, 9.17) is 10.8 Å². The van der Waals surface area contributed by atoms with Gasteiger partial charge in [0.15, 0.2) is 0 Å². The standard InChI is InChI=1S/C13H15N3O2/c14-12(6-7-13(17)18)10-2-4-11(5-3-10)16-9-1-8-15-16/h1-5,8-9,12H,6-7,14H2,(H,17,18). The van der Waals surface area contributed by atoms with Crippen molar-refractivity contribution in [3.63, 3.8) is 0 Å². The number of nitrogens with zero attached hydrogens (tertiary/aromatic N) is 2. The van der Waals surface area contributed by atoms with E-state index in [1.165, 1.54) is 0 Å². The molecule has 1 atom stereocenters. The number of rotatable bonds is 5. The molecule has 3 N–H and O–H groups in total. The van der Waals surface area contributed by atoms with Crippen molar-refractivity contribution in [3.8, 4) is 5.69 Å². The van der Waals surface area contributed by atoms with E-state index in [1.807, 2.05) is 36.5 Å². The van der Waals surface area contributed by atoms with Crippen LogP contribution >= 0.6 is 0 Å². The molecule has 0 saturated carbocycles. The molecule has 0 bridgehead atoms. The van der Waals surface area contributed by atoms with Crippen LogP contribution in [0.5, 0.6) is 0 Å². The van der Waals surface area contributed by atoms with Crippen molar-refractivity contribution in [2.24, 2.45) is 5.73 Å². The third kappa shape index (κ3) is 2.95. The molecule has 0 radical (unpaired) electrons. The van der Waals surface area contributed by atoms with Crippen molar-refractivity contribution in [2.75, 3.05) is 0 Å². The highest BCUT2D eigenvalue weighted by Gasteiger charge is 2.08. The molecule has 0 aliphatic heterocycles. The second-order valence-electron chi connectivity index (χ2n) is 4.08. The maximum atomic E-state index is 10.5. The summed E-state index contributed by atoms with van der Waals surface area (Å²) in [5, 5.41) is 12.7. The van der Waals surface area contributed by atoms with E-state index in [2.05, 4.69) is 5.10 Å². The summed E-state index contributed by atoms with van der Waals surface area (Å²) < 4.78 is 1.76. The van der Waals surface area contributed by atoms with Crippen LogP contribution in [0.25, 0.3) is 5.69 Å². The average Bonchev–Trinajstić information content (AvgIpc) is 2.90. The topological polar surface area (TPSA) is 81.1 Å². The van der Waals surface area contributed by atoms with E-state index in [0.29, 0.717) is 6.42 Å². The molecule has 1 unspecified atom stereocenters. The fraction of sp³-hybridized carbons (Fsp3) is 0.231. The van der Waals surface area contributed by atoms with Gasteiger partial charge in [-0.05, 0) is 30.2 Å². The van der Waals surface area contributed by atoms with Crippen LogP contribution in [0, 0.1) is 0 Å². The monoisotopic (exact) mass is 245 g/mol. The Morgan fingerprint density at radius 2 is 2.11 bits per heavy atom. The molecule has 0 aliphatic rings. The number of carboxylic acid groups (broad SMARTS) is 1. The number of hydrogen-bond acceptors (Lipinski definition) is 3. The van der Waals surface area contributed by atoms with Gasteiger partial charge < -0.3 is 10.8 Å². The second kappa shape index (κ2) is 5.46. The number of carbonyl (C=O) groups is 1. The van der Waals surface area contributed by atoms with Gasteiger partial charge in [0.05, 0.1) is 5.69 Å². The second-order valence-corrected chi connectivity index (χ2v) is 4.08. The summed E-state index contributed by atoms with van der Waals surface area (Å²) in [5.74, 6) is -0.821. The van der Waals surface area contributed by atoms with Crippen LogP contribution in [0.1, 0.15) is 24.4 Å². The Morgan fingerprint density at radius 1 is 1.39 bits per heavy atom. The van der Waals surface area contributed by atoms with Crippen LogP contribution < -0.4 is 5.73 Å². The zero-order valence-corrected chi connectivity index (χ0v) is 9.86. The quantitative estimate of drug-likeness (QED) is 0.840. The highest BCUT2D eigenvalue weighted by Crippen LogP contribution is 2.17. The SMILES string of the molecule is NC(CCC(=O)O)c1ccc(-n2cccn2)cc1.